The number of carbonyl (C=O) groups is 2. The van der Waals surface area contributed by atoms with E-state index in [0.29, 0.717) is 10.4 Å². The van der Waals surface area contributed by atoms with Crippen LogP contribution in [0.3, 0.4) is 0 Å². The molecule has 1 aromatic heterocycles. The molecule has 10 heteroatoms. The number of hydrogen-bond donors (Lipinski definition) is 2. The van der Waals surface area contributed by atoms with Crippen molar-refractivity contribution in [2.45, 2.75) is 6.04 Å². The molecule has 0 fully saturated rings. The van der Waals surface area contributed by atoms with E-state index in [1.54, 1.807) is 17.5 Å². The van der Waals surface area contributed by atoms with Crippen molar-refractivity contribution in [3.05, 3.63) is 73.7 Å². The second-order valence-electron chi connectivity index (χ2n) is 6.15. The second kappa shape index (κ2) is 8.95. The largest absolute Gasteiger partial charge is 0.503 e. The Morgan fingerprint density at radius 2 is 1.97 bits per heavy atom. The lowest BCUT2D eigenvalue weighted by Gasteiger charge is -2.26. The van der Waals surface area contributed by atoms with Crippen molar-refractivity contribution in [1.82, 2.24) is 4.90 Å². The maximum absolute atomic E-state index is 13.0. The highest BCUT2D eigenvalue weighted by molar-refractivity contribution is 7.12. The van der Waals surface area contributed by atoms with E-state index < -0.39 is 28.4 Å². The van der Waals surface area contributed by atoms with Gasteiger partial charge in [0.15, 0.2) is 5.76 Å². The van der Waals surface area contributed by atoms with Crippen molar-refractivity contribution in [1.29, 1.82) is 0 Å². The summed E-state index contributed by atoms with van der Waals surface area (Å²) >= 11 is 1.18. The number of nitro groups is 1. The van der Waals surface area contributed by atoms with Gasteiger partial charge in [0, 0.05) is 18.7 Å². The number of rotatable bonds is 9. The van der Waals surface area contributed by atoms with Crippen molar-refractivity contribution in [2.75, 3.05) is 26.4 Å². The van der Waals surface area contributed by atoms with Gasteiger partial charge in [0.1, 0.15) is 0 Å². The third-order valence-electron chi connectivity index (χ3n) is 4.43. The molecule has 1 amide bonds. The smallest absolute Gasteiger partial charge is 0.290 e. The van der Waals surface area contributed by atoms with Crippen molar-refractivity contribution in [3.8, 4) is 0 Å². The molecule has 9 nitrogen and oxygen atoms in total. The van der Waals surface area contributed by atoms with Gasteiger partial charge in [-0.2, -0.15) is 0 Å². The molecule has 0 saturated carbocycles. The quantitative estimate of drug-likeness (QED) is 0.276. The monoisotopic (exact) mass is 418 g/mol. The molecule has 0 saturated heterocycles. The molecule has 2 heterocycles. The van der Waals surface area contributed by atoms with Crippen molar-refractivity contribution >= 4 is 28.7 Å². The maximum Gasteiger partial charge on any atom is 0.290 e. The molecule has 0 spiro atoms. The highest BCUT2D eigenvalue weighted by Crippen LogP contribution is 2.39. The number of ketones is 1. The van der Waals surface area contributed by atoms with Crippen LogP contribution in [0.2, 0.25) is 0 Å². The molecule has 29 heavy (non-hydrogen) atoms. The molecule has 0 radical (unpaired) electrons. The zero-order valence-corrected chi connectivity index (χ0v) is 16.0. The molecule has 0 unspecified atom stereocenters. The number of Topliss-reactive ketones (excluding diaryl/α,β-unsaturated/α-hetero) is 1. The van der Waals surface area contributed by atoms with Gasteiger partial charge >= 0.3 is 0 Å². The summed E-state index contributed by atoms with van der Waals surface area (Å²) in [5.74, 6) is -1.84. The van der Waals surface area contributed by atoms with Gasteiger partial charge in [0.2, 0.25) is 5.78 Å². The molecule has 1 atom stereocenters. The SMILES string of the molecule is O=C(C1=C(O)C(=O)N(CCOCCO)[C@H]1c1ccc([N+](=O)[O-])cc1)c1cccs1. The number of aliphatic hydroxyl groups excluding tert-OH is 2. The van der Waals surface area contributed by atoms with E-state index in [4.69, 9.17) is 9.84 Å². The van der Waals surface area contributed by atoms with Crippen LogP contribution in [0, 0.1) is 10.1 Å². The normalized spacial score (nSPS) is 16.5. The first kappa shape index (κ1) is 20.6. The number of carbonyl (C=O) groups excluding carboxylic acids is 2. The van der Waals surface area contributed by atoms with E-state index in [2.05, 4.69) is 0 Å². The van der Waals surface area contributed by atoms with Crippen molar-refractivity contribution < 1.29 is 29.5 Å². The zero-order chi connectivity index (χ0) is 21.0. The number of ether oxygens (including phenoxy) is 1. The van der Waals surface area contributed by atoms with Crippen LogP contribution >= 0.6 is 11.3 Å². The van der Waals surface area contributed by atoms with E-state index in [9.17, 15) is 24.8 Å². The number of aliphatic hydroxyl groups is 2. The van der Waals surface area contributed by atoms with Gasteiger partial charge in [-0.3, -0.25) is 19.7 Å². The first-order valence-corrected chi connectivity index (χ1v) is 9.59. The van der Waals surface area contributed by atoms with Crippen LogP contribution in [0.4, 0.5) is 5.69 Å². The number of nitro benzene ring substituents is 1. The highest BCUT2D eigenvalue weighted by atomic mass is 32.1. The van der Waals surface area contributed by atoms with Crippen LogP contribution < -0.4 is 0 Å². The van der Waals surface area contributed by atoms with Gasteiger partial charge in [-0.15, -0.1) is 11.3 Å². The predicted molar refractivity (Wildman–Crippen MR) is 104 cm³/mol. The average molecular weight is 418 g/mol. The van der Waals surface area contributed by atoms with E-state index in [0.717, 1.165) is 0 Å². The van der Waals surface area contributed by atoms with E-state index in [1.165, 1.54) is 40.5 Å². The molecule has 1 aliphatic heterocycles. The topological polar surface area (TPSA) is 130 Å². The minimum absolute atomic E-state index is 0.0613. The average Bonchev–Trinajstić information content (AvgIpc) is 3.33. The fourth-order valence-corrected chi connectivity index (χ4v) is 3.79. The van der Waals surface area contributed by atoms with E-state index in [-0.39, 0.29) is 37.6 Å². The summed E-state index contributed by atoms with van der Waals surface area (Å²) in [7, 11) is 0. The molecule has 2 aromatic rings. The highest BCUT2D eigenvalue weighted by Gasteiger charge is 2.43. The van der Waals surface area contributed by atoms with Crippen LogP contribution in [0.1, 0.15) is 21.3 Å². The lowest BCUT2D eigenvalue weighted by molar-refractivity contribution is -0.384. The summed E-state index contributed by atoms with van der Waals surface area (Å²) in [6.45, 7) is 0.0608. The van der Waals surface area contributed by atoms with Crippen LogP contribution in [0.25, 0.3) is 0 Å². The summed E-state index contributed by atoms with van der Waals surface area (Å²) in [4.78, 5) is 37.7. The number of non-ortho nitro benzene ring substituents is 1. The molecule has 1 aliphatic rings. The molecule has 152 valence electrons. The van der Waals surface area contributed by atoms with Gasteiger partial charge in [-0.1, -0.05) is 6.07 Å². The van der Waals surface area contributed by atoms with Gasteiger partial charge in [-0.05, 0) is 29.1 Å². The molecule has 1 aromatic carbocycles. The Labute approximate surface area is 169 Å². The molecular weight excluding hydrogens is 400 g/mol. The Kier molecular flexibility index (Phi) is 6.37. The maximum atomic E-state index is 13.0. The fourth-order valence-electron chi connectivity index (χ4n) is 3.11. The number of hydrogen-bond acceptors (Lipinski definition) is 8. The minimum atomic E-state index is -0.907. The minimum Gasteiger partial charge on any atom is -0.503 e. The van der Waals surface area contributed by atoms with Crippen LogP contribution in [-0.2, 0) is 9.53 Å². The zero-order valence-electron chi connectivity index (χ0n) is 15.2. The summed E-state index contributed by atoms with van der Waals surface area (Å²) in [6, 6.07) is 7.85. The van der Waals surface area contributed by atoms with Crippen LogP contribution in [0.15, 0.2) is 53.1 Å². The Balaban J connectivity index is 1.98. The van der Waals surface area contributed by atoms with Crippen molar-refractivity contribution in [2.24, 2.45) is 0 Å². The molecule has 0 aliphatic carbocycles. The number of thiophene rings is 1. The molecular formula is C19H18N2O7S. The Bertz CT molecular complexity index is 938. The number of nitrogens with zero attached hydrogens (tertiary/aromatic N) is 2. The lowest BCUT2D eigenvalue weighted by Crippen LogP contribution is -2.34. The van der Waals surface area contributed by atoms with Gasteiger partial charge in [0.25, 0.3) is 11.6 Å². The molecule has 3 rings (SSSR count). The fraction of sp³-hybridized carbons (Fsp3) is 0.263. The molecule has 0 bridgehead atoms. The standard InChI is InChI=1S/C19H18N2O7S/c22-8-10-28-9-7-20-16(12-3-5-13(6-4-12)21(26)27)15(18(24)19(20)25)17(23)14-2-1-11-29-14/h1-6,11,16,22,24H,7-10H2/t16-/m0/s1. The summed E-state index contributed by atoms with van der Waals surface area (Å²) < 4.78 is 5.21. The van der Waals surface area contributed by atoms with Gasteiger partial charge in [-0.25, -0.2) is 0 Å². The first-order valence-electron chi connectivity index (χ1n) is 8.71. The lowest BCUT2D eigenvalue weighted by atomic mass is 9.95. The number of amides is 1. The Hall–Kier alpha value is -3.08. The summed E-state index contributed by atoms with van der Waals surface area (Å²) in [6.07, 6.45) is 0. The Morgan fingerprint density at radius 1 is 1.24 bits per heavy atom. The first-order chi connectivity index (χ1) is 14.0. The summed E-state index contributed by atoms with van der Waals surface area (Å²) in [5, 5.41) is 31.9. The predicted octanol–water partition coefficient (Wildman–Crippen LogP) is 2.24. The molecule has 2 N–H and O–H groups in total. The third-order valence-corrected chi connectivity index (χ3v) is 5.29. The third kappa shape index (κ3) is 4.19. The van der Waals surface area contributed by atoms with Gasteiger partial charge in [0.05, 0.1) is 41.2 Å². The van der Waals surface area contributed by atoms with E-state index in [1.807, 2.05) is 0 Å². The number of benzene rings is 1. The van der Waals surface area contributed by atoms with E-state index >= 15 is 0 Å². The van der Waals surface area contributed by atoms with Crippen LogP contribution in [0.5, 0.6) is 0 Å². The van der Waals surface area contributed by atoms with Crippen molar-refractivity contribution in [3.63, 3.8) is 0 Å². The second-order valence-corrected chi connectivity index (χ2v) is 7.10. The van der Waals surface area contributed by atoms with Gasteiger partial charge < -0.3 is 19.8 Å². The van der Waals surface area contributed by atoms with Crippen LogP contribution in [-0.4, -0.2) is 58.1 Å². The summed E-state index contributed by atoms with van der Waals surface area (Å²) in [5.41, 5.74) is 0.249. The Morgan fingerprint density at radius 3 is 2.55 bits per heavy atom.